The van der Waals surface area contributed by atoms with Crippen molar-refractivity contribution in [2.75, 3.05) is 42.2 Å². The summed E-state index contributed by atoms with van der Waals surface area (Å²) >= 11 is 1.28. The number of anilines is 2. The number of amides is 2. The molecule has 0 radical (unpaired) electrons. The second-order valence-electron chi connectivity index (χ2n) is 7.94. The molecule has 0 spiro atoms. The van der Waals surface area contributed by atoms with Crippen LogP contribution in [0.3, 0.4) is 0 Å². The van der Waals surface area contributed by atoms with Crippen LogP contribution < -0.4 is 15.5 Å². The Morgan fingerprint density at radius 3 is 2.76 bits per heavy atom. The molecule has 2 heterocycles. The Balaban J connectivity index is 1.49. The first-order valence-electron chi connectivity index (χ1n) is 11.6. The molecule has 0 bridgehead atoms. The highest BCUT2D eigenvalue weighted by atomic mass is 32.2. The van der Waals surface area contributed by atoms with E-state index in [0.717, 1.165) is 31.6 Å². The maximum Gasteiger partial charge on any atom is 0.338 e. The van der Waals surface area contributed by atoms with E-state index in [1.165, 1.54) is 11.8 Å². The van der Waals surface area contributed by atoms with E-state index in [2.05, 4.69) is 25.7 Å². The van der Waals surface area contributed by atoms with Crippen molar-refractivity contribution < 1.29 is 19.1 Å². The van der Waals surface area contributed by atoms with Crippen LogP contribution in [0.25, 0.3) is 0 Å². The molecule has 2 aromatic rings. The molecule has 10 heteroatoms. The Labute approximate surface area is 204 Å². The van der Waals surface area contributed by atoms with Crippen LogP contribution in [0, 0.1) is 5.92 Å². The number of esters is 1. The van der Waals surface area contributed by atoms with Crippen molar-refractivity contribution >= 4 is 41.1 Å². The number of piperidine rings is 1. The summed E-state index contributed by atoms with van der Waals surface area (Å²) in [6, 6.07) is 10.3. The Morgan fingerprint density at radius 1 is 1.18 bits per heavy atom. The lowest BCUT2D eigenvalue weighted by molar-refractivity contribution is -0.125. The number of carbonyl (C=O) groups is 3. The third-order valence-corrected chi connectivity index (χ3v) is 6.22. The van der Waals surface area contributed by atoms with Crippen LogP contribution in [0.4, 0.5) is 11.5 Å². The summed E-state index contributed by atoms with van der Waals surface area (Å²) in [4.78, 5) is 38.6. The Hall–Kier alpha value is -3.14. The predicted molar refractivity (Wildman–Crippen MR) is 132 cm³/mol. The van der Waals surface area contributed by atoms with E-state index < -0.39 is 5.97 Å². The predicted octanol–water partition coefficient (Wildman–Crippen LogP) is 3.13. The van der Waals surface area contributed by atoms with Crippen LogP contribution in [-0.4, -0.2) is 60.0 Å². The number of rotatable bonds is 10. The Kier molecular flexibility index (Phi) is 9.69. The van der Waals surface area contributed by atoms with Gasteiger partial charge in [0.15, 0.2) is 5.82 Å². The van der Waals surface area contributed by atoms with Crippen molar-refractivity contribution in [3.05, 3.63) is 42.0 Å². The molecule has 182 valence electrons. The van der Waals surface area contributed by atoms with Crippen molar-refractivity contribution in [3.63, 3.8) is 0 Å². The Bertz CT molecular complexity index is 986. The first-order valence-corrected chi connectivity index (χ1v) is 12.5. The highest BCUT2D eigenvalue weighted by molar-refractivity contribution is 7.99. The van der Waals surface area contributed by atoms with Gasteiger partial charge in [-0.3, -0.25) is 9.59 Å². The van der Waals surface area contributed by atoms with Gasteiger partial charge in [0.2, 0.25) is 11.8 Å². The third-order valence-electron chi connectivity index (χ3n) is 5.30. The zero-order valence-corrected chi connectivity index (χ0v) is 20.4. The summed E-state index contributed by atoms with van der Waals surface area (Å²) in [6.07, 6.45) is 2.73. The fourth-order valence-electron chi connectivity index (χ4n) is 3.63. The average molecular weight is 486 g/mol. The molecule has 2 N–H and O–H groups in total. The second kappa shape index (κ2) is 12.9. The summed E-state index contributed by atoms with van der Waals surface area (Å²) in [7, 11) is 0. The molecule has 1 aliphatic heterocycles. The maximum atomic E-state index is 12.3. The molecule has 0 aliphatic carbocycles. The van der Waals surface area contributed by atoms with Crippen molar-refractivity contribution in [2.24, 2.45) is 5.92 Å². The van der Waals surface area contributed by atoms with Gasteiger partial charge in [-0.05, 0) is 56.5 Å². The van der Waals surface area contributed by atoms with E-state index in [0.29, 0.717) is 36.0 Å². The molecule has 1 saturated heterocycles. The van der Waals surface area contributed by atoms with Gasteiger partial charge in [-0.1, -0.05) is 24.8 Å². The molecule has 9 nitrogen and oxygen atoms in total. The second-order valence-corrected chi connectivity index (χ2v) is 8.94. The Morgan fingerprint density at radius 2 is 2.03 bits per heavy atom. The van der Waals surface area contributed by atoms with Crippen LogP contribution in [0.5, 0.6) is 0 Å². The minimum atomic E-state index is -0.426. The summed E-state index contributed by atoms with van der Waals surface area (Å²) in [5.74, 6) is 0.310. The summed E-state index contributed by atoms with van der Waals surface area (Å²) < 4.78 is 4.99. The SMILES string of the molecule is CCCNC(=O)C1CCCN(c2ccc(SCC(=O)Nc3cccc(C(=O)OCC)c3)nn2)C1. The van der Waals surface area contributed by atoms with Gasteiger partial charge in [0.1, 0.15) is 5.03 Å². The minimum Gasteiger partial charge on any atom is -0.462 e. The van der Waals surface area contributed by atoms with Crippen molar-refractivity contribution in [1.82, 2.24) is 15.5 Å². The highest BCUT2D eigenvalue weighted by Crippen LogP contribution is 2.23. The number of thioether (sulfide) groups is 1. The molecule has 1 aromatic heterocycles. The van der Waals surface area contributed by atoms with E-state index in [9.17, 15) is 14.4 Å². The first kappa shape index (κ1) is 25.5. The van der Waals surface area contributed by atoms with Gasteiger partial charge < -0.3 is 20.3 Å². The van der Waals surface area contributed by atoms with E-state index in [-0.39, 0.29) is 23.5 Å². The van der Waals surface area contributed by atoms with Crippen LogP contribution in [0.2, 0.25) is 0 Å². The van der Waals surface area contributed by atoms with E-state index in [4.69, 9.17) is 4.74 Å². The van der Waals surface area contributed by atoms with E-state index in [1.54, 1.807) is 31.2 Å². The molecule has 3 rings (SSSR count). The quantitative estimate of drug-likeness (QED) is 0.390. The summed E-state index contributed by atoms with van der Waals surface area (Å²) in [5.41, 5.74) is 0.914. The average Bonchev–Trinajstić information content (AvgIpc) is 2.86. The lowest BCUT2D eigenvalue weighted by Gasteiger charge is -2.32. The maximum absolute atomic E-state index is 12.3. The van der Waals surface area contributed by atoms with Crippen LogP contribution in [0.15, 0.2) is 41.4 Å². The normalized spacial score (nSPS) is 15.5. The van der Waals surface area contributed by atoms with Gasteiger partial charge in [-0.25, -0.2) is 4.79 Å². The number of carbonyl (C=O) groups excluding carboxylic acids is 3. The smallest absolute Gasteiger partial charge is 0.338 e. The van der Waals surface area contributed by atoms with Crippen molar-refractivity contribution in [3.8, 4) is 0 Å². The third kappa shape index (κ3) is 7.44. The number of nitrogens with one attached hydrogen (secondary N) is 2. The standard InChI is InChI=1S/C24H31N5O4S/c1-3-12-25-23(31)18-8-6-13-29(15-18)20-10-11-22(28-27-20)34-16-21(30)26-19-9-5-7-17(14-19)24(32)33-4-2/h5,7,9-11,14,18H,3-4,6,8,12-13,15-16H2,1-2H3,(H,25,31)(H,26,30). The van der Waals surface area contributed by atoms with Crippen LogP contribution in [-0.2, 0) is 14.3 Å². The van der Waals surface area contributed by atoms with Crippen LogP contribution in [0.1, 0.15) is 43.5 Å². The van der Waals surface area contributed by atoms with E-state index in [1.807, 2.05) is 19.1 Å². The molecule has 1 atom stereocenters. The van der Waals surface area contributed by atoms with Gasteiger partial charge in [-0.15, -0.1) is 10.2 Å². The van der Waals surface area contributed by atoms with Gasteiger partial charge in [0.05, 0.1) is 23.8 Å². The van der Waals surface area contributed by atoms with Gasteiger partial charge in [0, 0.05) is 25.3 Å². The van der Waals surface area contributed by atoms with Gasteiger partial charge in [-0.2, -0.15) is 0 Å². The van der Waals surface area contributed by atoms with Crippen LogP contribution >= 0.6 is 11.8 Å². The van der Waals surface area contributed by atoms with Gasteiger partial charge >= 0.3 is 5.97 Å². The van der Waals surface area contributed by atoms with Crippen molar-refractivity contribution in [2.45, 2.75) is 38.1 Å². The molecule has 1 aromatic carbocycles. The summed E-state index contributed by atoms with van der Waals surface area (Å²) in [5, 5.41) is 14.9. The molecular weight excluding hydrogens is 454 g/mol. The number of hydrogen-bond donors (Lipinski definition) is 2. The van der Waals surface area contributed by atoms with Gasteiger partial charge in [0.25, 0.3) is 0 Å². The number of benzene rings is 1. The molecule has 1 fully saturated rings. The molecule has 1 aliphatic rings. The molecule has 2 amide bonds. The largest absolute Gasteiger partial charge is 0.462 e. The van der Waals surface area contributed by atoms with E-state index >= 15 is 0 Å². The number of hydrogen-bond acceptors (Lipinski definition) is 8. The number of nitrogens with zero attached hydrogens (tertiary/aromatic N) is 3. The number of aromatic nitrogens is 2. The lowest BCUT2D eigenvalue weighted by Crippen LogP contribution is -2.43. The first-order chi connectivity index (χ1) is 16.5. The molecule has 0 saturated carbocycles. The monoisotopic (exact) mass is 485 g/mol. The molecule has 1 unspecified atom stereocenters. The zero-order valence-electron chi connectivity index (χ0n) is 19.6. The fourth-order valence-corrected chi connectivity index (χ4v) is 4.24. The minimum absolute atomic E-state index is 0.0396. The fraction of sp³-hybridized carbons (Fsp3) is 0.458. The highest BCUT2D eigenvalue weighted by Gasteiger charge is 2.26. The zero-order chi connectivity index (χ0) is 24.3. The molecular formula is C24H31N5O4S. The topological polar surface area (TPSA) is 114 Å². The van der Waals surface area contributed by atoms with Crippen molar-refractivity contribution in [1.29, 1.82) is 0 Å². The molecule has 34 heavy (non-hydrogen) atoms. The lowest BCUT2D eigenvalue weighted by atomic mass is 9.97. The summed E-state index contributed by atoms with van der Waals surface area (Å²) in [6.45, 7) is 6.24. The number of ether oxygens (including phenoxy) is 1.